The molecule has 3 rings (SSSR count). The molecule has 0 fully saturated rings. The number of nitrogens with zero attached hydrogens (tertiary/aromatic N) is 2. The van der Waals surface area contributed by atoms with Gasteiger partial charge in [-0.3, -0.25) is 0 Å². The topological polar surface area (TPSA) is 17.8 Å². The van der Waals surface area contributed by atoms with Crippen LogP contribution in [0.15, 0.2) is 35.0 Å². The van der Waals surface area contributed by atoms with E-state index in [4.69, 9.17) is 11.6 Å². The minimum absolute atomic E-state index is 0.255. The number of imidazole rings is 1. The largest absolute Gasteiger partial charge is 0.320 e. The molecule has 3 aromatic rings. The number of rotatable bonds is 3. The number of hydrogen-bond acceptors (Lipinski definition) is 2. The van der Waals surface area contributed by atoms with Crippen LogP contribution >= 0.6 is 45.5 Å². The zero-order valence-electron chi connectivity index (χ0n) is 10.3. The van der Waals surface area contributed by atoms with Crippen LogP contribution in [-0.4, -0.2) is 9.55 Å². The lowest BCUT2D eigenvalue weighted by Gasteiger charge is -2.16. The Kier molecular flexibility index (Phi) is 3.82. The molecule has 2 nitrogen and oxygen atoms in total. The van der Waals surface area contributed by atoms with Gasteiger partial charge < -0.3 is 4.57 Å². The fourth-order valence-corrected chi connectivity index (χ4v) is 3.72. The van der Waals surface area contributed by atoms with Crippen LogP contribution in [0.1, 0.15) is 24.4 Å². The SMILES string of the molecule is CC(c1ccsc1)n1c(CCl)nc2cc(I)ccc21. The van der Waals surface area contributed by atoms with Crippen LogP contribution in [0.3, 0.4) is 0 Å². The number of fused-ring (bicyclic) bond motifs is 1. The van der Waals surface area contributed by atoms with Crippen molar-refractivity contribution in [3.05, 3.63) is 50.0 Å². The van der Waals surface area contributed by atoms with Crippen molar-refractivity contribution < 1.29 is 0 Å². The van der Waals surface area contributed by atoms with Crippen LogP contribution in [0, 0.1) is 3.57 Å². The maximum absolute atomic E-state index is 6.07. The molecule has 0 amide bonds. The number of benzene rings is 1. The molecule has 0 aliphatic heterocycles. The van der Waals surface area contributed by atoms with Crippen molar-refractivity contribution >= 4 is 56.6 Å². The zero-order chi connectivity index (χ0) is 13.4. The summed E-state index contributed by atoms with van der Waals surface area (Å²) in [6, 6.07) is 8.75. The number of hydrogen-bond donors (Lipinski definition) is 0. The van der Waals surface area contributed by atoms with Crippen molar-refractivity contribution in [1.29, 1.82) is 0 Å². The van der Waals surface area contributed by atoms with E-state index in [1.807, 2.05) is 0 Å². The predicted octanol–water partition coefficient (Wildman–Crippen LogP) is 5.05. The van der Waals surface area contributed by atoms with Gasteiger partial charge in [0.25, 0.3) is 0 Å². The van der Waals surface area contributed by atoms with Gasteiger partial charge in [-0.05, 0) is 70.1 Å². The minimum atomic E-state index is 0.255. The molecule has 0 saturated heterocycles. The molecule has 0 radical (unpaired) electrons. The highest BCUT2D eigenvalue weighted by Crippen LogP contribution is 2.28. The Morgan fingerprint density at radius 1 is 1.42 bits per heavy atom. The molecule has 0 spiro atoms. The summed E-state index contributed by atoms with van der Waals surface area (Å²) >= 11 is 10.1. The van der Waals surface area contributed by atoms with Crippen molar-refractivity contribution in [1.82, 2.24) is 9.55 Å². The molecule has 0 saturated carbocycles. The van der Waals surface area contributed by atoms with Gasteiger partial charge in [0.1, 0.15) is 5.82 Å². The molecule has 1 aromatic carbocycles. The zero-order valence-corrected chi connectivity index (χ0v) is 14.0. The number of alkyl halides is 1. The summed E-state index contributed by atoms with van der Waals surface area (Å²) in [6.45, 7) is 2.19. The first-order valence-corrected chi connectivity index (χ1v) is 8.50. The molecule has 5 heteroatoms. The second-order valence-corrected chi connectivity index (χ2v) is 6.69. The fourth-order valence-electron chi connectivity index (χ4n) is 2.31. The van der Waals surface area contributed by atoms with Crippen molar-refractivity contribution in [3.63, 3.8) is 0 Å². The maximum atomic E-state index is 6.07. The maximum Gasteiger partial charge on any atom is 0.125 e. The van der Waals surface area contributed by atoms with Crippen molar-refractivity contribution in [3.8, 4) is 0 Å². The van der Waals surface area contributed by atoms with Gasteiger partial charge in [0.2, 0.25) is 0 Å². The van der Waals surface area contributed by atoms with Gasteiger partial charge in [0.15, 0.2) is 0 Å². The first-order valence-electron chi connectivity index (χ1n) is 5.95. The quantitative estimate of drug-likeness (QED) is 0.443. The van der Waals surface area contributed by atoms with Crippen molar-refractivity contribution in [2.75, 3.05) is 0 Å². The van der Waals surface area contributed by atoms with Gasteiger partial charge in [-0.25, -0.2) is 4.98 Å². The molecule has 2 aromatic heterocycles. The molecule has 0 bridgehead atoms. The Bertz CT molecular complexity index is 706. The summed E-state index contributed by atoms with van der Waals surface area (Å²) in [7, 11) is 0. The van der Waals surface area contributed by atoms with Gasteiger partial charge in [-0.15, -0.1) is 11.6 Å². The van der Waals surface area contributed by atoms with E-state index in [9.17, 15) is 0 Å². The molecule has 0 aliphatic rings. The highest BCUT2D eigenvalue weighted by atomic mass is 127. The molecule has 0 N–H and O–H groups in total. The first-order chi connectivity index (χ1) is 9.20. The van der Waals surface area contributed by atoms with E-state index in [0.717, 1.165) is 16.9 Å². The van der Waals surface area contributed by atoms with Gasteiger partial charge in [0.05, 0.1) is 23.0 Å². The predicted molar refractivity (Wildman–Crippen MR) is 90.1 cm³/mol. The lowest BCUT2D eigenvalue weighted by atomic mass is 10.1. The monoisotopic (exact) mass is 402 g/mol. The number of aromatic nitrogens is 2. The smallest absolute Gasteiger partial charge is 0.125 e. The molecule has 1 unspecified atom stereocenters. The van der Waals surface area contributed by atoms with Gasteiger partial charge in [-0.1, -0.05) is 0 Å². The standard InChI is InChI=1S/C14H12ClIN2S/c1-9(10-4-5-19-8-10)18-13-3-2-11(16)6-12(13)17-14(18)7-15/h2-6,8-9H,7H2,1H3. The highest BCUT2D eigenvalue weighted by Gasteiger charge is 2.17. The lowest BCUT2D eigenvalue weighted by Crippen LogP contribution is -2.09. The summed E-state index contributed by atoms with van der Waals surface area (Å²) in [5.41, 5.74) is 3.47. The van der Waals surface area contributed by atoms with Crippen LogP contribution in [0.4, 0.5) is 0 Å². The molecular formula is C14H12ClIN2S. The summed E-state index contributed by atoms with van der Waals surface area (Å²) in [5, 5.41) is 4.29. The summed E-state index contributed by atoms with van der Waals surface area (Å²) in [5.74, 6) is 1.36. The van der Waals surface area contributed by atoms with Gasteiger partial charge in [0, 0.05) is 3.57 Å². The average Bonchev–Trinajstić information content (AvgIpc) is 3.04. The fraction of sp³-hybridized carbons (Fsp3) is 0.214. The Hall–Kier alpha value is -0.590. The third kappa shape index (κ3) is 2.41. The van der Waals surface area contributed by atoms with E-state index >= 15 is 0 Å². The van der Waals surface area contributed by atoms with Gasteiger partial charge >= 0.3 is 0 Å². The third-order valence-corrected chi connectivity index (χ3v) is 4.87. The van der Waals surface area contributed by atoms with Crippen LogP contribution < -0.4 is 0 Å². The molecule has 98 valence electrons. The Labute approximate surface area is 134 Å². The molecule has 0 aliphatic carbocycles. The minimum Gasteiger partial charge on any atom is -0.320 e. The van der Waals surface area contributed by atoms with Crippen LogP contribution in [0.25, 0.3) is 11.0 Å². The molecule has 1 atom stereocenters. The molecular weight excluding hydrogens is 391 g/mol. The summed E-state index contributed by atoms with van der Waals surface area (Å²) in [6.07, 6.45) is 0. The van der Waals surface area contributed by atoms with Gasteiger partial charge in [-0.2, -0.15) is 11.3 Å². The summed E-state index contributed by atoms with van der Waals surface area (Å²) in [4.78, 5) is 4.65. The lowest BCUT2D eigenvalue weighted by molar-refractivity contribution is 0.636. The highest BCUT2D eigenvalue weighted by molar-refractivity contribution is 14.1. The van der Waals surface area contributed by atoms with Crippen LogP contribution in [0.2, 0.25) is 0 Å². The first kappa shape index (κ1) is 13.4. The van der Waals surface area contributed by atoms with Crippen molar-refractivity contribution in [2.45, 2.75) is 18.8 Å². The van der Waals surface area contributed by atoms with Crippen LogP contribution in [-0.2, 0) is 5.88 Å². The van der Waals surface area contributed by atoms with Crippen molar-refractivity contribution in [2.24, 2.45) is 0 Å². The Morgan fingerprint density at radius 2 is 2.26 bits per heavy atom. The molecule has 19 heavy (non-hydrogen) atoms. The summed E-state index contributed by atoms with van der Waals surface area (Å²) < 4.78 is 3.43. The normalized spacial score (nSPS) is 13.0. The second-order valence-electron chi connectivity index (χ2n) is 4.40. The van der Waals surface area contributed by atoms with E-state index in [1.165, 1.54) is 9.13 Å². The number of halogens is 2. The Morgan fingerprint density at radius 3 is 2.95 bits per heavy atom. The third-order valence-electron chi connectivity index (χ3n) is 3.26. The van der Waals surface area contributed by atoms with E-state index in [0.29, 0.717) is 5.88 Å². The average molecular weight is 403 g/mol. The van der Waals surface area contributed by atoms with Crippen LogP contribution in [0.5, 0.6) is 0 Å². The van der Waals surface area contributed by atoms with E-state index in [-0.39, 0.29) is 6.04 Å². The van der Waals surface area contributed by atoms with E-state index < -0.39 is 0 Å². The number of thiophene rings is 1. The second kappa shape index (κ2) is 5.42. The molecule has 2 heterocycles. The van der Waals surface area contributed by atoms with E-state index in [2.05, 4.69) is 74.1 Å². The van der Waals surface area contributed by atoms with E-state index in [1.54, 1.807) is 11.3 Å². The Balaban J connectivity index is 2.21.